The van der Waals surface area contributed by atoms with Crippen LogP contribution in [-0.2, 0) is 0 Å². The molecule has 0 fully saturated rings. The summed E-state index contributed by atoms with van der Waals surface area (Å²) in [5.41, 5.74) is 0.293. The van der Waals surface area contributed by atoms with Gasteiger partial charge in [0.05, 0.1) is 15.1 Å². The van der Waals surface area contributed by atoms with Crippen LogP contribution in [0, 0.1) is 0 Å². The van der Waals surface area contributed by atoms with Gasteiger partial charge in [0.2, 0.25) is 0 Å². The lowest BCUT2D eigenvalue weighted by Gasteiger charge is -2.18. The molecule has 0 nitrogen and oxygen atoms in total. The predicted octanol–water partition coefficient (Wildman–Crippen LogP) is 5.74. The Hall–Kier alpha value is 0.430. The molecule has 0 heterocycles. The van der Waals surface area contributed by atoms with Crippen molar-refractivity contribution in [2.24, 2.45) is 0 Å². The molecule has 0 aliphatic rings. The lowest BCUT2D eigenvalue weighted by atomic mass is 10.1. The van der Waals surface area contributed by atoms with Crippen LogP contribution >= 0.6 is 50.7 Å². The zero-order chi connectivity index (χ0) is 11.8. The molecule has 0 spiro atoms. The highest BCUT2D eigenvalue weighted by Gasteiger charge is 2.33. The van der Waals surface area contributed by atoms with Gasteiger partial charge in [-0.2, -0.15) is 0 Å². The van der Waals surface area contributed by atoms with E-state index in [9.17, 15) is 8.78 Å². The van der Waals surface area contributed by atoms with Gasteiger partial charge in [-0.25, -0.2) is 8.78 Å². The van der Waals surface area contributed by atoms with Gasteiger partial charge >= 0.3 is 0 Å². The molecule has 0 amide bonds. The molecule has 0 bridgehead atoms. The van der Waals surface area contributed by atoms with Gasteiger partial charge in [0.15, 0.2) is 0 Å². The Morgan fingerprint density at radius 2 is 1.60 bits per heavy atom. The standard InChI is InChI=1S/C9H6BrCl3F2/c1-9(14,15)8(10)4-2-5(11)7(13)6(12)3-4/h2-3,8H,1H3. The normalized spacial score (nSPS) is 14.1. The van der Waals surface area contributed by atoms with Crippen molar-refractivity contribution in [1.29, 1.82) is 0 Å². The molecule has 0 N–H and O–H groups in total. The fourth-order valence-electron chi connectivity index (χ4n) is 1.01. The smallest absolute Gasteiger partial charge is 0.206 e. The van der Waals surface area contributed by atoms with E-state index in [4.69, 9.17) is 34.8 Å². The van der Waals surface area contributed by atoms with Gasteiger partial charge in [-0.1, -0.05) is 50.7 Å². The Kier molecular flexibility index (Phi) is 4.27. The number of benzene rings is 1. The lowest BCUT2D eigenvalue weighted by molar-refractivity contribution is 0.0213. The Labute approximate surface area is 110 Å². The predicted molar refractivity (Wildman–Crippen MR) is 63.8 cm³/mol. The van der Waals surface area contributed by atoms with Crippen molar-refractivity contribution >= 4 is 50.7 Å². The van der Waals surface area contributed by atoms with Crippen molar-refractivity contribution in [3.05, 3.63) is 32.8 Å². The van der Waals surface area contributed by atoms with Crippen LogP contribution in [0.25, 0.3) is 0 Å². The van der Waals surface area contributed by atoms with Crippen LogP contribution in [0.2, 0.25) is 15.1 Å². The molecule has 1 rings (SSSR count). The monoisotopic (exact) mass is 336 g/mol. The third kappa shape index (κ3) is 3.19. The highest BCUT2D eigenvalue weighted by molar-refractivity contribution is 9.09. The van der Waals surface area contributed by atoms with E-state index in [-0.39, 0.29) is 15.1 Å². The quantitative estimate of drug-likeness (QED) is 0.476. The maximum Gasteiger partial charge on any atom is 0.261 e. The molecule has 0 saturated carbocycles. The molecule has 0 aromatic heterocycles. The minimum absolute atomic E-state index is 0.160. The second-order valence-electron chi connectivity index (χ2n) is 3.12. The average molecular weight is 338 g/mol. The number of hydrogen-bond donors (Lipinski definition) is 0. The van der Waals surface area contributed by atoms with E-state index in [2.05, 4.69) is 15.9 Å². The van der Waals surface area contributed by atoms with Gasteiger partial charge in [-0.3, -0.25) is 0 Å². The van der Waals surface area contributed by atoms with Gasteiger partial charge in [0.1, 0.15) is 4.83 Å². The van der Waals surface area contributed by atoms with Gasteiger partial charge in [-0.05, 0) is 17.7 Å². The number of hydrogen-bond acceptors (Lipinski definition) is 0. The summed E-state index contributed by atoms with van der Waals surface area (Å²) in [6.45, 7) is 0.808. The van der Waals surface area contributed by atoms with Crippen LogP contribution in [0.5, 0.6) is 0 Å². The van der Waals surface area contributed by atoms with Crippen molar-refractivity contribution in [2.45, 2.75) is 17.7 Å². The first-order chi connectivity index (χ1) is 6.73. The molecule has 0 saturated heterocycles. The van der Waals surface area contributed by atoms with Gasteiger partial charge in [0, 0.05) is 6.92 Å². The molecule has 6 heteroatoms. The van der Waals surface area contributed by atoms with Crippen LogP contribution in [0.3, 0.4) is 0 Å². The molecular weight excluding hydrogens is 332 g/mol. The maximum atomic E-state index is 13.0. The summed E-state index contributed by atoms with van der Waals surface area (Å²) in [6.07, 6.45) is 0. The molecule has 1 aromatic rings. The zero-order valence-electron chi connectivity index (χ0n) is 7.50. The Balaban J connectivity index is 3.17. The zero-order valence-corrected chi connectivity index (χ0v) is 11.4. The summed E-state index contributed by atoms with van der Waals surface area (Å²) in [5, 5.41) is 0.488. The SMILES string of the molecule is CC(F)(F)C(Br)c1cc(Cl)c(Cl)c(Cl)c1. The maximum absolute atomic E-state index is 13.0. The van der Waals surface area contributed by atoms with Crippen LogP contribution in [-0.4, -0.2) is 5.92 Å². The van der Waals surface area contributed by atoms with E-state index in [1.807, 2.05) is 0 Å². The first-order valence-corrected chi connectivity index (χ1v) is 5.94. The molecule has 15 heavy (non-hydrogen) atoms. The van der Waals surface area contributed by atoms with E-state index in [1.54, 1.807) is 0 Å². The van der Waals surface area contributed by atoms with Crippen molar-refractivity contribution < 1.29 is 8.78 Å². The van der Waals surface area contributed by atoms with Crippen molar-refractivity contribution in [2.75, 3.05) is 0 Å². The summed E-state index contributed by atoms with van der Waals surface area (Å²) < 4.78 is 26.0. The first-order valence-electron chi connectivity index (χ1n) is 3.90. The summed E-state index contributed by atoms with van der Waals surface area (Å²) in [4.78, 5) is -1.14. The fourth-order valence-corrected chi connectivity index (χ4v) is 1.89. The minimum atomic E-state index is -2.90. The van der Waals surface area contributed by atoms with E-state index < -0.39 is 10.7 Å². The topological polar surface area (TPSA) is 0 Å². The molecule has 0 radical (unpaired) electrons. The second-order valence-corrected chi connectivity index (χ2v) is 5.23. The van der Waals surface area contributed by atoms with Crippen molar-refractivity contribution in [3.8, 4) is 0 Å². The number of alkyl halides is 3. The third-order valence-electron chi connectivity index (χ3n) is 1.74. The molecule has 0 aliphatic carbocycles. The van der Waals surface area contributed by atoms with Gasteiger partial charge < -0.3 is 0 Å². The second kappa shape index (κ2) is 4.74. The van der Waals surface area contributed by atoms with Crippen LogP contribution in [0.15, 0.2) is 12.1 Å². The Morgan fingerprint density at radius 3 is 1.93 bits per heavy atom. The van der Waals surface area contributed by atoms with E-state index in [1.165, 1.54) is 12.1 Å². The summed E-state index contributed by atoms with van der Waals surface area (Å²) in [6, 6.07) is 2.74. The summed E-state index contributed by atoms with van der Waals surface area (Å²) >= 11 is 20.1. The van der Waals surface area contributed by atoms with Crippen LogP contribution in [0.4, 0.5) is 8.78 Å². The van der Waals surface area contributed by atoms with Gasteiger partial charge in [0.25, 0.3) is 5.92 Å². The molecule has 1 aromatic carbocycles. The summed E-state index contributed by atoms with van der Waals surface area (Å²) in [7, 11) is 0. The van der Waals surface area contributed by atoms with Crippen LogP contribution < -0.4 is 0 Å². The molecule has 1 atom stereocenters. The van der Waals surface area contributed by atoms with Crippen LogP contribution in [0.1, 0.15) is 17.3 Å². The summed E-state index contributed by atoms with van der Waals surface area (Å²) in [5.74, 6) is -2.90. The number of rotatable bonds is 2. The van der Waals surface area contributed by atoms with E-state index >= 15 is 0 Å². The fraction of sp³-hybridized carbons (Fsp3) is 0.333. The van der Waals surface area contributed by atoms with Gasteiger partial charge in [-0.15, -0.1) is 0 Å². The molecule has 0 aliphatic heterocycles. The molecule has 1 unspecified atom stereocenters. The lowest BCUT2D eigenvalue weighted by Crippen LogP contribution is -2.17. The van der Waals surface area contributed by atoms with E-state index in [0.717, 1.165) is 6.92 Å². The van der Waals surface area contributed by atoms with Crippen molar-refractivity contribution in [1.82, 2.24) is 0 Å². The molecule has 84 valence electrons. The average Bonchev–Trinajstić information content (AvgIpc) is 2.10. The highest BCUT2D eigenvalue weighted by atomic mass is 79.9. The highest BCUT2D eigenvalue weighted by Crippen LogP contribution is 2.42. The minimum Gasteiger partial charge on any atom is -0.206 e. The van der Waals surface area contributed by atoms with E-state index in [0.29, 0.717) is 5.56 Å². The largest absolute Gasteiger partial charge is 0.261 e. The molecular formula is C9H6BrCl3F2. The third-order valence-corrected chi connectivity index (χ3v) is 4.27. The Bertz CT molecular complexity index is 353. The number of halogens is 6. The van der Waals surface area contributed by atoms with Crippen molar-refractivity contribution in [3.63, 3.8) is 0 Å². The first kappa shape index (κ1) is 13.5. The Morgan fingerprint density at radius 1 is 1.20 bits per heavy atom.